The van der Waals surface area contributed by atoms with Crippen molar-refractivity contribution >= 4 is 28.9 Å². The highest BCUT2D eigenvalue weighted by atomic mass is 19.3. The molecule has 0 spiro atoms. The van der Waals surface area contributed by atoms with Crippen LogP contribution in [0, 0.1) is 5.92 Å². The van der Waals surface area contributed by atoms with Gasteiger partial charge in [-0.25, -0.2) is 13.8 Å². The summed E-state index contributed by atoms with van der Waals surface area (Å²) >= 11 is 0. The van der Waals surface area contributed by atoms with E-state index in [-0.39, 0.29) is 11.6 Å². The smallest absolute Gasteiger partial charge is 0.260 e. The number of carbonyl (C=O) groups is 2. The third-order valence-corrected chi connectivity index (χ3v) is 5.67. The van der Waals surface area contributed by atoms with E-state index in [1.54, 1.807) is 12.1 Å². The van der Waals surface area contributed by atoms with Gasteiger partial charge >= 0.3 is 0 Å². The summed E-state index contributed by atoms with van der Waals surface area (Å²) in [6, 6.07) is 12.9. The molecule has 0 radical (unpaired) electrons. The van der Waals surface area contributed by atoms with Crippen LogP contribution in [0.25, 0.3) is 11.3 Å². The number of aryl methyl sites for hydroxylation is 1. The number of pyridine rings is 1. The number of nitrogens with zero attached hydrogens (tertiary/aromatic N) is 1. The van der Waals surface area contributed by atoms with Crippen molar-refractivity contribution in [3.63, 3.8) is 0 Å². The average molecular weight is 422 g/mol. The number of carbonyl (C=O) groups excluding carboxylic acids is 2. The maximum atomic E-state index is 13.2. The number of amides is 1. The minimum absolute atomic E-state index is 0.0701. The molecule has 0 saturated heterocycles. The zero-order valence-electron chi connectivity index (χ0n) is 16.5. The van der Waals surface area contributed by atoms with Crippen LogP contribution in [-0.2, 0) is 11.2 Å². The van der Waals surface area contributed by atoms with E-state index in [1.165, 1.54) is 6.20 Å². The molecule has 1 fully saturated rings. The van der Waals surface area contributed by atoms with Gasteiger partial charge in [0.15, 0.2) is 5.78 Å². The Morgan fingerprint density at radius 3 is 2.68 bits per heavy atom. The van der Waals surface area contributed by atoms with Crippen LogP contribution < -0.4 is 10.6 Å². The molecule has 2 aliphatic rings. The van der Waals surface area contributed by atoms with Crippen molar-refractivity contribution in [2.45, 2.75) is 31.6 Å². The third-order valence-electron chi connectivity index (χ3n) is 5.67. The molecule has 3 N–H and O–H groups in total. The zero-order chi connectivity index (χ0) is 21.6. The molecule has 2 heterocycles. The van der Waals surface area contributed by atoms with Crippen molar-refractivity contribution in [3.8, 4) is 11.3 Å². The predicted molar refractivity (Wildman–Crippen MR) is 113 cm³/mol. The number of hydrogen-bond acceptors (Lipinski definition) is 4. The minimum Gasteiger partial charge on any atom is -0.356 e. The van der Waals surface area contributed by atoms with Crippen LogP contribution in [0.15, 0.2) is 48.7 Å². The molecule has 0 aliphatic heterocycles. The highest BCUT2D eigenvalue weighted by Gasteiger charge is 2.61. The molecule has 2 aliphatic carbocycles. The van der Waals surface area contributed by atoms with Gasteiger partial charge in [0.05, 0.1) is 16.9 Å². The van der Waals surface area contributed by atoms with Crippen molar-refractivity contribution in [2.24, 2.45) is 5.92 Å². The van der Waals surface area contributed by atoms with E-state index in [9.17, 15) is 18.4 Å². The molecular weight excluding hydrogens is 402 g/mol. The van der Waals surface area contributed by atoms with Crippen LogP contribution in [-0.4, -0.2) is 27.6 Å². The Morgan fingerprint density at radius 1 is 1.16 bits per heavy atom. The van der Waals surface area contributed by atoms with Gasteiger partial charge in [0.1, 0.15) is 11.7 Å². The van der Waals surface area contributed by atoms with E-state index >= 15 is 0 Å². The lowest BCUT2D eigenvalue weighted by Gasteiger charge is -2.14. The average Bonchev–Trinajstić information content (AvgIpc) is 3.24. The Hall–Kier alpha value is -3.55. The maximum Gasteiger partial charge on any atom is 0.260 e. The van der Waals surface area contributed by atoms with Crippen LogP contribution in [0.3, 0.4) is 0 Å². The Labute approximate surface area is 177 Å². The topological polar surface area (TPSA) is 86.9 Å². The number of alkyl halides is 2. The molecule has 8 heteroatoms. The number of aromatic amines is 1. The molecule has 6 nitrogen and oxygen atoms in total. The largest absolute Gasteiger partial charge is 0.356 e. The molecule has 1 saturated carbocycles. The van der Waals surface area contributed by atoms with Crippen molar-refractivity contribution < 1.29 is 18.4 Å². The summed E-state index contributed by atoms with van der Waals surface area (Å²) < 4.78 is 26.4. The second-order valence-electron chi connectivity index (χ2n) is 7.93. The second-order valence-corrected chi connectivity index (χ2v) is 7.93. The van der Waals surface area contributed by atoms with Crippen LogP contribution in [0.4, 0.5) is 26.0 Å². The standard InChI is InChI=1S/C23H20F2N4O2/c24-23(25)12-15(23)22(31)29-18-11-13(9-10-26-18)20-21(27-14-5-2-1-3-6-14)19-16(28-20)7-4-8-17(19)30/h1-3,5-6,9-11,15,27-28H,4,7-8,12H2,(H,26,29,31). The Balaban J connectivity index is 1.51. The fraction of sp³-hybridized carbons (Fsp3) is 0.261. The van der Waals surface area contributed by atoms with Crippen molar-refractivity contribution in [1.29, 1.82) is 0 Å². The number of aromatic nitrogens is 2. The van der Waals surface area contributed by atoms with Gasteiger partial charge < -0.3 is 15.6 Å². The molecule has 1 aromatic carbocycles. The van der Waals surface area contributed by atoms with E-state index in [4.69, 9.17) is 0 Å². The molecule has 158 valence electrons. The zero-order valence-corrected chi connectivity index (χ0v) is 16.5. The lowest BCUT2D eigenvalue weighted by Crippen LogP contribution is -2.18. The van der Waals surface area contributed by atoms with Crippen molar-refractivity contribution in [1.82, 2.24) is 9.97 Å². The number of anilines is 3. The van der Waals surface area contributed by atoms with Crippen LogP contribution in [0.1, 0.15) is 35.3 Å². The number of H-pyrrole nitrogens is 1. The quantitative estimate of drug-likeness (QED) is 0.544. The summed E-state index contributed by atoms with van der Waals surface area (Å²) in [5, 5.41) is 5.83. The lowest BCUT2D eigenvalue weighted by molar-refractivity contribution is -0.119. The van der Waals surface area contributed by atoms with Gasteiger partial charge in [-0.15, -0.1) is 0 Å². The highest BCUT2D eigenvalue weighted by Crippen LogP contribution is 2.49. The number of rotatable bonds is 5. The summed E-state index contributed by atoms with van der Waals surface area (Å²) in [6.45, 7) is 0. The molecule has 1 amide bonds. The van der Waals surface area contributed by atoms with E-state index in [0.29, 0.717) is 28.9 Å². The summed E-state index contributed by atoms with van der Waals surface area (Å²) in [5.41, 5.74) is 4.40. The number of Topliss-reactive ketones (excluding diaryl/α,β-unsaturated/α-hetero) is 1. The van der Waals surface area contributed by atoms with E-state index in [0.717, 1.165) is 24.2 Å². The van der Waals surface area contributed by atoms with Gasteiger partial charge in [-0.1, -0.05) is 18.2 Å². The first-order valence-electron chi connectivity index (χ1n) is 10.2. The summed E-state index contributed by atoms with van der Waals surface area (Å²) in [5.74, 6) is -4.72. The van der Waals surface area contributed by atoms with Gasteiger partial charge in [0.25, 0.3) is 5.92 Å². The van der Waals surface area contributed by atoms with Gasteiger partial charge in [0, 0.05) is 36.0 Å². The minimum atomic E-state index is -2.94. The molecule has 0 bridgehead atoms. The van der Waals surface area contributed by atoms with E-state index < -0.39 is 24.2 Å². The summed E-state index contributed by atoms with van der Waals surface area (Å²) in [6.07, 6.45) is 3.10. The van der Waals surface area contributed by atoms with Gasteiger partial charge in [-0.2, -0.15) is 0 Å². The van der Waals surface area contributed by atoms with E-state index in [2.05, 4.69) is 20.6 Å². The number of para-hydroxylation sites is 1. The highest BCUT2D eigenvalue weighted by molar-refractivity contribution is 6.07. The van der Waals surface area contributed by atoms with Gasteiger partial charge in [0.2, 0.25) is 5.91 Å². The number of hydrogen-bond donors (Lipinski definition) is 3. The fourth-order valence-corrected chi connectivity index (χ4v) is 3.97. The van der Waals surface area contributed by atoms with Gasteiger partial charge in [-0.3, -0.25) is 9.59 Å². The first-order chi connectivity index (χ1) is 14.9. The van der Waals surface area contributed by atoms with Crippen molar-refractivity contribution in [2.75, 3.05) is 10.6 Å². The third kappa shape index (κ3) is 3.69. The summed E-state index contributed by atoms with van der Waals surface area (Å²) in [4.78, 5) is 32.2. The Kier molecular flexibility index (Phi) is 4.57. The summed E-state index contributed by atoms with van der Waals surface area (Å²) in [7, 11) is 0. The maximum absolute atomic E-state index is 13.2. The number of halogens is 2. The van der Waals surface area contributed by atoms with Crippen LogP contribution in [0.5, 0.6) is 0 Å². The number of nitrogens with one attached hydrogen (secondary N) is 3. The van der Waals surface area contributed by atoms with E-state index in [1.807, 2.05) is 30.3 Å². The number of fused-ring (bicyclic) bond motifs is 1. The Morgan fingerprint density at radius 2 is 1.94 bits per heavy atom. The van der Waals surface area contributed by atoms with Gasteiger partial charge in [-0.05, 0) is 37.1 Å². The normalized spacial score (nSPS) is 18.9. The molecule has 1 atom stereocenters. The number of benzene rings is 1. The van der Waals surface area contributed by atoms with Crippen LogP contribution >= 0.6 is 0 Å². The fourth-order valence-electron chi connectivity index (χ4n) is 3.97. The molecule has 1 unspecified atom stereocenters. The first-order valence-corrected chi connectivity index (χ1v) is 10.2. The molecule has 5 rings (SSSR count). The predicted octanol–water partition coefficient (Wildman–Crippen LogP) is 4.93. The number of ketones is 1. The first kappa shape index (κ1) is 19.4. The molecule has 31 heavy (non-hydrogen) atoms. The molecule has 2 aromatic heterocycles. The van der Waals surface area contributed by atoms with Crippen LogP contribution in [0.2, 0.25) is 0 Å². The second kappa shape index (κ2) is 7.30. The SMILES string of the molecule is O=C1CCCc2[nH]c(-c3ccnc(NC(=O)C4CC4(F)F)c3)c(Nc3ccccc3)c21. The molecular formula is C23H20F2N4O2. The van der Waals surface area contributed by atoms with Crippen molar-refractivity contribution in [3.05, 3.63) is 59.9 Å². The molecule has 3 aromatic rings. The monoisotopic (exact) mass is 422 g/mol. The lowest BCUT2D eigenvalue weighted by atomic mass is 9.95. The Bertz CT molecular complexity index is 1170.